The van der Waals surface area contributed by atoms with Crippen molar-refractivity contribution in [2.24, 2.45) is 0 Å². The summed E-state index contributed by atoms with van der Waals surface area (Å²) in [5.41, 5.74) is 0. The van der Waals surface area contributed by atoms with E-state index in [2.05, 4.69) is 0 Å². The van der Waals surface area contributed by atoms with Gasteiger partial charge in [-0.1, -0.05) is 0 Å². The second-order valence-corrected chi connectivity index (χ2v) is 4.87. The van der Waals surface area contributed by atoms with E-state index in [0.29, 0.717) is 0 Å². The number of rotatable bonds is 0. The topological polar surface area (TPSA) is 54.4 Å². The van der Waals surface area contributed by atoms with Gasteiger partial charge in [-0.25, -0.2) is 17.2 Å². The maximum atomic E-state index is 12.4. The van der Waals surface area contributed by atoms with E-state index in [9.17, 15) is 17.2 Å². The summed E-state index contributed by atoms with van der Waals surface area (Å²) in [6.45, 7) is 0. The highest BCUT2D eigenvalue weighted by atomic mass is 32.2. The lowest BCUT2D eigenvalue weighted by Gasteiger charge is -2.26. The van der Waals surface area contributed by atoms with Crippen LogP contribution >= 0.6 is 0 Å². The molecule has 0 aliphatic carbocycles. The van der Waals surface area contributed by atoms with E-state index in [1.54, 1.807) is 0 Å². The molecule has 0 aromatic carbocycles. The normalized spacial score (nSPS) is 35.0. The Labute approximate surface area is 62.9 Å². The van der Waals surface area contributed by atoms with Gasteiger partial charge in [-0.05, 0) is 0 Å². The number of sulfone groups is 1. The van der Waals surface area contributed by atoms with E-state index in [1.165, 1.54) is 0 Å². The van der Waals surface area contributed by atoms with E-state index >= 15 is 0 Å². The summed E-state index contributed by atoms with van der Waals surface area (Å²) in [5.74, 6) is -4.58. The number of aliphatic hydroxyl groups excluding tert-OH is 1. The van der Waals surface area contributed by atoms with E-state index in [-0.39, 0.29) is 0 Å². The Kier molecular flexibility index (Phi) is 1.92. The Morgan fingerprint density at radius 2 is 2.00 bits per heavy atom. The Morgan fingerprint density at radius 1 is 1.45 bits per heavy atom. The molecule has 1 heterocycles. The van der Waals surface area contributed by atoms with Crippen LogP contribution in [0.5, 0.6) is 0 Å². The van der Waals surface area contributed by atoms with Gasteiger partial charge in [0.1, 0.15) is 6.10 Å². The van der Waals surface area contributed by atoms with Gasteiger partial charge >= 0.3 is 0 Å². The highest BCUT2D eigenvalue weighted by Gasteiger charge is 2.45. The maximum Gasteiger partial charge on any atom is 0.275 e. The zero-order valence-electron chi connectivity index (χ0n) is 5.63. The zero-order valence-corrected chi connectivity index (χ0v) is 6.44. The van der Waals surface area contributed by atoms with Crippen molar-refractivity contribution < 1.29 is 22.3 Å². The van der Waals surface area contributed by atoms with Crippen LogP contribution in [-0.2, 0) is 9.84 Å². The molecule has 0 aromatic rings. The zero-order chi connectivity index (χ0) is 8.70. The summed E-state index contributed by atoms with van der Waals surface area (Å²) in [6, 6.07) is 0. The summed E-state index contributed by atoms with van der Waals surface area (Å²) >= 11 is 0. The lowest BCUT2D eigenvalue weighted by Crippen LogP contribution is -2.45. The van der Waals surface area contributed by atoms with E-state index in [0.717, 1.165) is 0 Å². The number of hydrogen-bond acceptors (Lipinski definition) is 3. The molecule has 1 unspecified atom stereocenters. The van der Waals surface area contributed by atoms with Crippen LogP contribution in [-0.4, -0.2) is 37.1 Å². The molecule has 1 fully saturated rings. The van der Waals surface area contributed by atoms with Gasteiger partial charge in [0.25, 0.3) is 5.92 Å². The predicted molar refractivity (Wildman–Crippen MR) is 34.2 cm³/mol. The minimum atomic E-state index is -3.43. The Morgan fingerprint density at radius 3 is 2.36 bits per heavy atom. The van der Waals surface area contributed by atoms with Crippen molar-refractivity contribution in [1.82, 2.24) is 0 Å². The molecule has 0 radical (unpaired) electrons. The number of alkyl halides is 2. The van der Waals surface area contributed by atoms with Crippen molar-refractivity contribution in [3.05, 3.63) is 0 Å². The van der Waals surface area contributed by atoms with Gasteiger partial charge < -0.3 is 5.11 Å². The largest absolute Gasteiger partial charge is 0.386 e. The fourth-order valence-electron chi connectivity index (χ4n) is 0.904. The predicted octanol–water partition coefficient (Wildman–Crippen LogP) is -0.199. The van der Waals surface area contributed by atoms with E-state index < -0.39 is 39.8 Å². The molecule has 0 aromatic heterocycles. The number of halogens is 2. The molecule has 1 aliphatic rings. The highest BCUT2D eigenvalue weighted by Crippen LogP contribution is 2.29. The van der Waals surface area contributed by atoms with Crippen molar-refractivity contribution in [3.8, 4) is 0 Å². The Bertz CT molecular complexity index is 246. The molecule has 11 heavy (non-hydrogen) atoms. The van der Waals surface area contributed by atoms with Gasteiger partial charge in [0.05, 0.1) is 11.5 Å². The van der Waals surface area contributed by atoms with E-state index in [4.69, 9.17) is 5.11 Å². The molecular weight excluding hydrogens is 178 g/mol. The summed E-state index contributed by atoms with van der Waals surface area (Å²) in [7, 11) is -3.43. The second-order valence-electron chi connectivity index (χ2n) is 2.64. The van der Waals surface area contributed by atoms with Gasteiger partial charge in [-0.2, -0.15) is 0 Å². The number of hydrogen-bond donors (Lipinski definition) is 1. The van der Waals surface area contributed by atoms with Gasteiger partial charge in [0.2, 0.25) is 0 Å². The first-order valence-corrected chi connectivity index (χ1v) is 4.92. The Balaban J connectivity index is 2.78. The average Bonchev–Trinajstić information content (AvgIpc) is 1.81. The van der Waals surface area contributed by atoms with Crippen LogP contribution in [0.3, 0.4) is 0 Å². The first-order chi connectivity index (χ1) is 4.83. The molecule has 0 bridgehead atoms. The van der Waals surface area contributed by atoms with E-state index in [1.807, 2.05) is 0 Å². The fourth-order valence-corrected chi connectivity index (χ4v) is 2.38. The van der Waals surface area contributed by atoms with Crippen molar-refractivity contribution >= 4 is 9.84 Å². The van der Waals surface area contributed by atoms with Crippen LogP contribution in [0.25, 0.3) is 0 Å². The summed E-state index contributed by atoms with van der Waals surface area (Å²) < 4.78 is 46.2. The van der Waals surface area contributed by atoms with Crippen molar-refractivity contribution in [2.75, 3.05) is 11.5 Å². The SMILES string of the molecule is O=S1(=O)CCC(F)(F)C(O)C1. The third kappa shape index (κ3) is 1.87. The van der Waals surface area contributed by atoms with Gasteiger partial charge in [-0.3, -0.25) is 0 Å². The molecule has 1 atom stereocenters. The molecule has 1 rings (SSSR count). The third-order valence-corrected chi connectivity index (χ3v) is 3.30. The average molecular weight is 186 g/mol. The number of aliphatic hydroxyl groups is 1. The molecule has 6 heteroatoms. The highest BCUT2D eigenvalue weighted by molar-refractivity contribution is 7.91. The molecule has 1 saturated heterocycles. The molecule has 0 saturated carbocycles. The van der Waals surface area contributed by atoms with Crippen LogP contribution in [0.15, 0.2) is 0 Å². The lowest BCUT2D eigenvalue weighted by molar-refractivity contribution is -0.103. The molecule has 66 valence electrons. The third-order valence-electron chi connectivity index (χ3n) is 1.65. The van der Waals surface area contributed by atoms with Crippen molar-refractivity contribution in [2.45, 2.75) is 18.4 Å². The molecular formula is C5H8F2O3S. The maximum absolute atomic E-state index is 12.4. The standard InChI is InChI=1S/C5H8F2O3S/c6-5(7)1-2-11(9,10)3-4(5)8/h4,8H,1-3H2. The molecule has 0 amide bonds. The summed E-state index contributed by atoms with van der Waals surface area (Å²) in [5, 5.41) is 8.64. The molecule has 1 aliphatic heterocycles. The minimum Gasteiger partial charge on any atom is -0.386 e. The first kappa shape index (κ1) is 8.86. The summed E-state index contributed by atoms with van der Waals surface area (Å²) in [4.78, 5) is 0. The van der Waals surface area contributed by atoms with Crippen molar-refractivity contribution in [3.63, 3.8) is 0 Å². The fraction of sp³-hybridized carbons (Fsp3) is 1.00. The van der Waals surface area contributed by atoms with Gasteiger partial charge in [0.15, 0.2) is 9.84 Å². The van der Waals surface area contributed by atoms with Crippen LogP contribution in [0.2, 0.25) is 0 Å². The van der Waals surface area contributed by atoms with Crippen molar-refractivity contribution in [1.29, 1.82) is 0 Å². The van der Waals surface area contributed by atoms with Gasteiger partial charge in [0, 0.05) is 6.42 Å². The second kappa shape index (κ2) is 2.38. The van der Waals surface area contributed by atoms with Gasteiger partial charge in [-0.15, -0.1) is 0 Å². The van der Waals surface area contributed by atoms with Crippen LogP contribution < -0.4 is 0 Å². The molecule has 3 nitrogen and oxygen atoms in total. The Hall–Kier alpha value is -0.230. The first-order valence-electron chi connectivity index (χ1n) is 3.10. The lowest BCUT2D eigenvalue weighted by atomic mass is 10.1. The minimum absolute atomic E-state index is 0.531. The smallest absolute Gasteiger partial charge is 0.275 e. The molecule has 1 N–H and O–H groups in total. The quantitative estimate of drug-likeness (QED) is 0.570. The molecule has 0 spiro atoms. The van der Waals surface area contributed by atoms with Crippen LogP contribution in [0, 0.1) is 0 Å². The van der Waals surface area contributed by atoms with Crippen LogP contribution in [0.1, 0.15) is 6.42 Å². The summed E-state index contributed by atoms with van der Waals surface area (Å²) in [6.07, 6.45) is -2.79. The van der Waals surface area contributed by atoms with Crippen LogP contribution in [0.4, 0.5) is 8.78 Å². The monoisotopic (exact) mass is 186 g/mol.